The first-order valence-corrected chi connectivity index (χ1v) is 8.33. The second kappa shape index (κ2) is 5.09. The summed E-state index contributed by atoms with van der Waals surface area (Å²) in [6.07, 6.45) is 3.51. The minimum Gasteiger partial charge on any atom is -0.496 e. The lowest BCUT2D eigenvalue weighted by atomic mass is 9.78. The van der Waals surface area contributed by atoms with Gasteiger partial charge in [-0.1, -0.05) is 18.9 Å². The molecule has 1 saturated carbocycles. The molecule has 0 unspecified atom stereocenters. The molecule has 1 aromatic carbocycles. The van der Waals surface area contributed by atoms with Crippen molar-refractivity contribution < 1.29 is 23.1 Å². The molecule has 0 bridgehead atoms. The number of rotatable bonds is 4. The van der Waals surface area contributed by atoms with Gasteiger partial charge in [0.2, 0.25) is 0 Å². The maximum Gasteiger partial charge on any atom is 0.314 e. The summed E-state index contributed by atoms with van der Waals surface area (Å²) in [5.41, 5.74) is -0.861. The number of ether oxygens (including phenoxy) is 1. The van der Waals surface area contributed by atoms with Crippen molar-refractivity contribution in [3.8, 4) is 5.75 Å². The van der Waals surface area contributed by atoms with Gasteiger partial charge in [-0.2, -0.15) is 0 Å². The first-order chi connectivity index (χ1) is 9.33. The summed E-state index contributed by atoms with van der Waals surface area (Å²) in [7, 11) is -2.09. The second-order valence-electron chi connectivity index (χ2n) is 5.20. The van der Waals surface area contributed by atoms with Crippen LogP contribution in [-0.2, 0) is 20.0 Å². The predicted molar refractivity (Wildman–Crippen MR) is 73.9 cm³/mol. The molecule has 0 radical (unpaired) electrons. The highest BCUT2D eigenvalue weighted by Crippen LogP contribution is 2.47. The van der Waals surface area contributed by atoms with Gasteiger partial charge in [-0.15, -0.1) is 0 Å². The average molecular weight is 298 g/mol. The van der Waals surface area contributed by atoms with E-state index in [0.29, 0.717) is 24.2 Å². The lowest BCUT2D eigenvalue weighted by Gasteiger charge is -2.28. The van der Waals surface area contributed by atoms with E-state index in [-0.39, 0.29) is 4.90 Å². The van der Waals surface area contributed by atoms with Gasteiger partial charge in [-0.25, -0.2) is 8.42 Å². The molecule has 0 amide bonds. The summed E-state index contributed by atoms with van der Waals surface area (Å²) in [6.45, 7) is 0. The van der Waals surface area contributed by atoms with Gasteiger partial charge >= 0.3 is 5.97 Å². The van der Waals surface area contributed by atoms with Crippen LogP contribution in [0.25, 0.3) is 0 Å². The van der Waals surface area contributed by atoms with Crippen molar-refractivity contribution in [3.05, 3.63) is 23.8 Å². The highest BCUT2D eigenvalue weighted by molar-refractivity contribution is 7.90. The van der Waals surface area contributed by atoms with Crippen molar-refractivity contribution in [1.29, 1.82) is 0 Å². The van der Waals surface area contributed by atoms with Crippen molar-refractivity contribution in [2.75, 3.05) is 13.4 Å². The van der Waals surface area contributed by atoms with Gasteiger partial charge in [0.05, 0.1) is 17.4 Å². The predicted octanol–water partition coefficient (Wildman–Crippen LogP) is 2.00. The van der Waals surface area contributed by atoms with Gasteiger partial charge in [0, 0.05) is 11.8 Å². The highest BCUT2D eigenvalue weighted by atomic mass is 32.2. The van der Waals surface area contributed by atoms with Gasteiger partial charge in [-0.05, 0) is 25.0 Å². The van der Waals surface area contributed by atoms with Crippen LogP contribution >= 0.6 is 0 Å². The zero-order valence-electron chi connectivity index (χ0n) is 11.5. The van der Waals surface area contributed by atoms with E-state index in [4.69, 9.17) is 4.74 Å². The number of carboxylic acid groups (broad SMARTS) is 1. The number of sulfone groups is 1. The fourth-order valence-corrected chi connectivity index (χ4v) is 4.00. The standard InChI is InChI=1S/C14H18O5S/c1-19-10-6-5-7-11(20(2,17)18)12(10)14(13(15)16)8-3-4-9-14/h5-7H,3-4,8-9H2,1-2H3,(H,15,16). The maximum atomic E-state index is 12.0. The quantitative estimate of drug-likeness (QED) is 0.919. The van der Waals surface area contributed by atoms with Crippen molar-refractivity contribution in [3.63, 3.8) is 0 Å². The number of methoxy groups -OCH3 is 1. The number of benzene rings is 1. The minimum atomic E-state index is -3.52. The molecule has 0 atom stereocenters. The number of hydrogen-bond donors (Lipinski definition) is 1. The molecular weight excluding hydrogens is 280 g/mol. The summed E-state index contributed by atoms with van der Waals surface area (Å²) < 4.78 is 29.2. The number of aliphatic carboxylic acids is 1. The first kappa shape index (κ1) is 14.8. The SMILES string of the molecule is COc1cccc(S(C)(=O)=O)c1C1(C(=O)O)CCCC1. The lowest BCUT2D eigenvalue weighted by Crippen LogP contribution is -2.34. The van der Waals surface area contributed by atoms with Crippen LogP contribution in [0.3, 0.4) is 0 Å². The Hall–Kier alpha value is -1.56. The monoisotopic (exact) mass is 298 g/mol. The molecule has 1 fully saturated rings. The van der Waals surface area contributed by atoms with Crippen molar-refractivity contribution >= 4 is 15.8 Å². The van der Waals surface area contributed by atoms with Crippen LogP contribution in [0, 0.1) is 0 Å². The van der Waals surface area contributed by atoms with Crippen molar-refractivity contribution in [2.24, 2.45) is 0 Å². The van der Waals surface area contributed by atoms with Crippen LogP contribution in [0.2, 0.25) is 0 Å². The molecule has 6 heteroatoms. The van der Waals surface area contributed by atoms with E-state index >= 15 is 0 Å². The fraction of sp³-hybridized carbons (Fsp3) is 0.500. The van der Waals surface area contributed by atoms with E-state index in [1.165, 1.54) is 13.2 Å². The normalized spacial score (nSPS) is 17.9. The average Bonchev–Trinajstić information content (AvgIpc) is 2.87. The summed E-state index contributed by atoms with van der Waals surface area (Å²) in [4.78, 5) is 11.9. The number of carbonyl (C=O) groups is 1. The minimum absolute atomic E-state index is 0.0566. The zero-order valence-corrected chi connectivity index (χ0v) is 12.4. The molecule has 5 nitrogen and oxygen atoms in total. The van der Waals surface area contributed by atoms with E-state index in [1.54, 1.807) is 12.1 Å². The van der Waals surface area contributed by atoms with Crippen LogP contribution in [0.5, 0.6) is 5.75 Å². The summed E-state index contributed by atoms with van der Waals surface area (Å²) >= 11 is 0. The largest absolute Gasteiger partial charge is 0.496 e. The first-order valence-electron chi connectivity index (χ1n) is 6.44. The van der Waals surface area contributed by atoms with E-state index in [2.05, 4.69) is 0 Å². The molecule has 1 aliphatic rings. The third kappa shape index (κ3) is 2.28. The topological polar surface area (TPSA) is 80.7 Å². The van der Waals surface area contributed by atoms with Gasteiger partial charge in [-0.3, -0.25) is 4.79 Å². The third-order valence-electron chi connectivity index (χ3n) is 3.95. The van der Waals surface area contributed by atoms with Gasteiger partial charge in [0.25, 0.3) is 0 Å². The Morgan fingerprint density at radius 1 is 1.30 bits per heavy atom. The molecule has 0 spiro atoms. The molecule has 0 heterocycles. The molecular formula is C14H18O5S. The van der Waals surface area contributed by atoms with Crippen molar-refractivity contribution in [1.82, 2.24) is 0 Å². The summed E-state index contributed by atoms with van der Waals surface area (Å²) in [5.74, 6) is -0.651. The van der Waals surface area contributed by atoms with Gasteiger partial charge in [0.15, 0.2) is 9.84 Å². The van der Waals surface area contributed by atoms with Crippen LogP contribution in [0.15, 0.2) is 23.1 Å². The molecule has 20 heavy (non-hydrogen) atoms. The Labute approximate surface area is 118 Å². The Morgan fingerprint density at radius 3 is 2.35 bits per heavy atom. The van der Waals surface area contributed by atoms with E-state index < -0.39 is 21.2 Å². The molecule has 1 N–H and O–H groups in total. The molecule has 0 aliphatic heterocycles. The van der Waals surface area contributed by atoms with Gasteiger partial charge < -0.3 is 9.84 Å². The van der Waals surface area contributed by atoms with E-state index in [1.807, 2.05) is 0 Å². The Kier molecular flexibility index (Phi) is 3.77. The summed E-state index contributed by atoms with van der Waals surface area (Å²) in [5, 5.41) is 9.68. The third-order valence-corrected chi connectivity index (χ3v) is 5.09. The molecule has 1 aromatic rings. The Balaban J connectivity index is 2.80. The van der Waals surface area contributed by atoms with Crippen LogP contribution in [-0.4, -0.2) is 32.9 Å². The number of carboxylic acids is 1. The number of hydrogen-bond acceptors (Lipinski definition) is 4. The van der Waals surface area contributed by atoms with E-state index in [9.17, 15) is 18.3 Å². The molecule has 0 saturated heterocycles. The Bertz CT molecular complexity index is 627. The highest BCUT2D eigenvalue weighted by Gasteiger charge is 2.47. The van der Waals surface area contributed by atoms with Crippen LogP contribution < -0.4 is 4.74 Å². The smallest absolute Gasteiger partial charge is 0.314 e. The second-order valence-corrected chi connectivity index (χ2v) is 7.18. The maximum absolute atomic E-state index is 12.0. The van der Waals surface area contributed by atoms with Crippen LogP contribution in [0.1, 0.15) is 31.2 Å². The van der Waals surface area contributed by atoms with E-state index in [0.717, 1.165) is 19.1 Å². The molecule has 1 aliphatic carbocycles. The lowest BCUT2D eigenvalue weighted by molar-refractivity contribution is -0.143. The molecule has 0 aromatic heterocycles. The van der Waals surface area contributed by atoms with Crippen molar-refractivity contribution in [2.45, 2.75) is 36.0 Å². The van der Waals surface area contributed by atoms with Crippen LogP contribution in [0.4, 0.5) is 0 Å². The fourth-order valence-electron chi connectivity index (χ4n) is 3.01. The Morgan fingerprint density at radius 2 is 1.90 bits per heavy atom. The zero-order chi connectivity index (χ0) is 15.0. The van der Waals surface area contributed by atoms with Gasteiger partial charge in [0.1, 0.15) is 5.75 Å². The molecule has 2 rings (SSSR count). The summed E-state index contributed by atoms with van der Waals surface area (Å²) in [6, 6.07) is 4.65. The molecule has 110 valence electrons.